The minimum atomic E-state index is -0.886. The van der Waals surface area contributed by atoms with Crippen molar-refractivity contribution in [3.8, 4) is 0 Å². The second-order valence-electron chi connectivity index (χ2n) is 7.32. The molecular weight excluding hydrogens is 268 g/mol. The third kappa shape index (κ3) is 4.70. The quantitative estimate of drug-likeness (QED) is 0.786. The van der Waals surface area contributed by atoms with Crippen LogP contribution in [0.3, 0.4) is 0 Å². The van der Waals surface area contributed by atoms with Gasteiger partial charge in [0, 0.05) is 13.0 Å². The van der Waals surface area contributed by atoms with Crippen LogP contribution in [0.1, 0.15) is 53.4 Å². The second-order valence-corrected chi connectivity index (χ2v) is 7.32. The topological polar surface area (TPSA) is 83.6 Å². The molecule has 0 saturated carbocycles. The number of carboxylic acids is 1. The van der Waals surface area contributed by atoms with Crippen LogP contribution in [-0.4, -0.2) is 41.0 Å². The van der Waals surface area contributed by atoms with E-state index in [1.807, 2.05) is 6.92 Å². The van der Waals surface area contributed by atoms with Crippen LogP contribution >= 0.6 is 0 Å². The van der Waals surface area contributed by atoms with Crippen molar-refractivity contribution in [2.45, 2.75) is 59.4 Å². The maximum Gasteiger partial charge on any atom is 0.326 e. The third-order valence-electron chi connectivity index (χ3n) is 4.72. The lowest BCUT2D eigenvalue weighted by molar-refractivity contribution is -0.149. The SMILES string of the molecule is CC1CCN(C(=O)CCC(CCN)C(C)(C)C)C1C(=O)O. The average molecular weight is 298 g/mol. The molecule has 21 heavy (non-hydrogen) atoms. The van der Waals surface area contributed by atoms with Gasteiger partial charge in [0.05, 0.1) is 0 Å². The van der Waals surface area contributed by atoms with Gasteiger partial charge in [-0.1, -0.05) is 27.7 Å². The van der Waals surface area contributed by atoms with Gasteiger partial charge in [-0.25, -0.2) is 4.79 Å². The fraction of sp³-hybridized carbons (Fsp3) is 0.875. The maximum absolute atomic E-state index is 12.4. The molecule has 5 nitrogen and oxygen atoms in total. The van der Waals surface area contributed by atoms with Crippen LogP contribution < -0.4 is 5.73 Å². The van der Waals surface area contributed by atoms with Crippen LogP contribution in [0.5, 0.6) is 0 Å². The number of hydrogen-bond donors (Lipinski definition) is 2. The van der Waals surface area contributed by atoms with Gasteiger partial charge in [-0.2, -0.15) is 0 Å². The van der Waals surface area contributed by atoms with Crippen molar-refractivity contribution in [1.82, 2.24) is 4.90 Å². The van der Waals surface area contributed by atoms with Crippen LogP contribution in [0.2, 0.25) is 0 Å². The van der Waals surface area contributed by atoms with Gasteiger partial charge in [0.15, 0.2) is 0 Å². The fourth-order valence-corrected chi connectivity index (χ4v) is 3.26. The number of nitrogens with zero attached hydrogens (tertiary/aromatic N) is 1. The van der Waals surface area contributed by atoms with Gasteiger partial charge in [-0.15, -0.1) is 0 Å². The molecule has 0 radical (unpaired) electrons. The number of carbonyl (C=O) groups is 2. The van der Waals surface area contributed by atoms with E-state index in [4.69, 9.17) is 5.73 Å². The summed E-state index contributed by atoms with van der Waals surface area (Å²) in [6.07, 6.45) is 2.86. The molecule has 5 heteroatoms. The van der Waals surface area contributed by atoms with E-state index >= 15 is 0 Å². The molecule has 0 bridgehead atoms. The van der Waals surface area contributed by atoms with Crippen LogP contribution in [-0.2, 0) is 9.59 Å². The largest absolute Gasteiger partial charge is 0.480 e. The predicted molar refractivity (Wildman–Crippen MR) is 82.8 cm³/mol. The molecule has 1 amide bonds. The van der Waals surface area contributed by atoms with Crippen LogP contribution in [0.4, 0.5) is 0 Å². The third-order valence-corrected chi connectivity index (χ3v) is 4.72. The standard InChI is InChI=1S/C16H30N2O3/c1-11-8-10-18(14(11)15(20)21)13(19)6-5-12(7-9-17)16(2,3)4/h11-12,14H,5-10,17H2,1-4H3,(H,20,21). The summed E-state index contributed by atoms with van der Waals surface area (Å²) < 4.78 is 0. The highest BCUT2D eigenvalue weighted by Crippen LogP contribution is 2.33. The summed E-state index contributed by atoms with van der Waals surface area (Å²) in [5.41, 5.74) is 5.78. The Morgan fingerprint density at radius 1 is 1.33 bits per heavy atom. The summed E-state index contributed by atoms with van der Waals surface area (Å²) in [7, 11) is 0. The van der Waals surface area contributed by atoms with Crippen molar-refractivity contribution in [2.24, 2.45) is 23.0 Å². The molecule has 1 saturated heterocycles. The molecule has 0 aromatic rings. The first kappa shape index (κ1) is 18.0. The Balaban J connectivity index is 2.62. The predicted octanol–water partition coefficient (Wildman–Crippen LogP) is 2.10. The molecule has 0 aromatic heterocycles. The van der Waals surface area contributed by atoms with Gasteiger partial charge in [0.1, 0.15) is 6.04 Å². The van der Waals surface area contributed by atoms with Crippen LogP contribution in [0.15, 0.2) is 0 Å². The van der Waals surface area contributed by atoms with Gasteiger partial charge in [-0.05, 0) is 43.1 Å². The van der Waals surface area contributed by atoms with Crippen molar-refractivity contribution in [1.29, 1.82) is 0 Å². The summed E-state index contributed by atoms with van der Waals surface area (Å²) in [4.78, 5) is 25.2. The second kappa shape index (κ2) is 7.25. The van der Waals surface area contributed by atoms with E-state index in [2.05, 4.69) is 20.8 Å². The molecule has 1 heterocycles. The summed E-state index contributed by atoms with van der Waals surface area (Å²) in [6.45, 7) is 9.57. The lowest BCUT2D eigenvalue weighted by Crippen LogP contribution is -2.43. The zero-order chi connectivity index (χ0) is 16.2. The van der Waals surface area contributed by atoms with Gasteiger partial charge < -0.3 is 15.7 Å². The molecule has 3 N–H and O–H groups in total. The number of amides is 1. The van der Waals surface area contributed by atoms with E-state index in [0.29, 0.717) is 25.4 Å². The summed E-state index contributed by atoms with van der Waals surface area (Å²) in [6, 6.07) is -0.653. The summed E-state index contributed by atoms with van der Waals surface area (Å²) >= 11 is 0. The molecule has 1 fully saturated rings. The number of carboxylic acid groups (broad SMARTS) is 1. The molecule has 3 unspecified atom stereocenters. The zero-order valence-electron chi connectivity index (χ0n) is 13.8. The average Bonchev–Trinajstić information content (AvgIpc) is 2.74. The monoisotopic (exact) mass is 298 g/mol. The molecule has 122 valence electrons. The van der Waals surface area contributed by atoms with E-state index in [1.54, 1.807) is 4.90 Å². The molecule has 0 aromatic carbocycles. The minimum Gasteiger partial charge on any atom is -0.480 e. The summed E-state index contributed by atoms with van der Waals surface area (Å²) in [5.74, 6) is -0.496. The number of likely N-dealkylation sites (tertiary alicyclic amines) is 1. The van der Waals surface area contributed by atoms with Crippen molar-refractivity contribution in [2.75, 3.05) is 13.1 Å². The molecule has 0 spiro atoms. The molecule has 1 aliphatic rings. The number of nitrogens with two attached hydrogens (primary N) is 1. The number of hydrogen-bond acceptors (Lipinski definition) is 3. The maximum atomic E-state index is 12.4. The normalized spacial score (nSPS) is 24.1. The Morgan fingerprint density at radius 2 is 1.95 bits per heavy atom. The van der Waals surface area contributed by atoms with E-state index in [1.165, 1.54) is 0 Å². The first-order valence-corrected chi connectivity index (χ1v) is 7.90. The first-order chi connectivity index (χ1) is 9.68. The van der Waals surface area contributed by atoms with E-state index in [9.17, 15) is 14.7 Å². The number of aliphatic carboxylic acids is 1. The Bertz CT molecular complexity index is 376. The van der Waals surface area contributed by atoms with Crippen molar-refractivity contribution in [3.05, 3.63) is 0 Å². The highest BCUT2D eigenvalue weighted by Gasteiger charge is 2.39. The van der Waals surface area contributed by atoms with Crippen LogP contribution in [0, 0.1) is 17.3 Å². The summed E-state index contributed by atoms with van der Waals surface area (Å²) in [5, 5.41) is 9.28. The first-order valence-electron chi connectivity index (χ1n) is 7.90. The molecule has 0 aliphatic carbocycles. The Morgan fingerprint density at radius 3 is 2.43 bits per heavy atom. The van der Waals surface area contributed by atoms with Gasteiger partial charge in [0.2, 0.25) is 5.91 Å². The highest BCUT2D eigenvalue weighted by atomic mass is 16.4. The van der Waals surface area contributed by atoms with E-state index < -0.39 is 12.0 Å². The van der Waals surface area contributed by atoms with Gasteiger partial charge >= 0.3 is 5.97 Å². The van der Waals surface area contributed by atoms with E-state index in [-0.39, 0.29) is 17.2 Å². The highest BCUT2D eigenvalue weighted by molar-refractivity contribution is 5.84. The smallest absolute Gasteiger partial charge is 0.326 e. The van der Waals surface area contributed by atoms with Crippen LogP contribution in [0.25, 0.3) is 0 Å². The number of carbonyl (C=O) groups excluding carboxylic acids is 1. The lowest BCUT2D eigenvalue weighted by Gasteiger charge is -2.31. The number of rotatable bonds is 6. The molecule has 1 aliphatic heterocycles. The molecular formula is C16H30N2O3. The lowest BCUT2D eigenvalue weighted by atomic mass is 9.76. The van der Waals surface area contributed by atoms with Gasteiger partial charge in [-0.3, -0.25) is 4.79 Å². The zero-order valence-corrected chi connectivity index (χ0v) is 13.8. The Kier molecular flexibility index (Phi) is 6.20. The van der Waals surface area contributed by atoms with Crippen molar-refractivity contribution < 1.29 is 14.7 Å². The van der Waals surface area contributed by atoms with E-state index in [0.717, 1.165) is 19.3 Å². The molecule has 3 atom stereocenters. The van der Waals surface area contributed by atoms with Crippen molar-refractivity contribution in [3.63, 3.8) is 0 Å². The fourth-order valence-electron chi connectivity index (χ4n) is 3.26. The van der Waals surface area contributed by atoms with Crippen molar-refractivity contribution >= 4 is 11.9 Å². The minimum absolute atomic E-state index is 0.0296. The van der Waals surface area contributed by atoms with Gasteiger partial charge in [0.25, 0.3) is 0 Å². The Hall–Kier alpha value is -1.10. The molecule has 1 rings (SSSR count). The Labute approximate surface area is 127 Å².